The zero-order chi connectivity index (χ0) is 11.7. The molecule has 88 valence electrons. The number of rotatable bonds is 3. The van der Waals surface area contributed by atoms with Gasteiger partial charge in [-0.05, 0) is 10.8 Å². The van der Waals surface area contributed by atoms with Crippen molar-refractivity contribution in [3.05, 3.63) is 0 Å². The maximum Gasteiger partial charge on any atom is 0.140 e. The molecule has 1 heteroatoms. The smallest absolute Gasteiger partial charge is 0.0858 e. The normalized spacial score (nSPS) is 19.6. The van der Waals surface area contributed by atoms with Gasteiger partial charge < -0.3 is 0 Å². The Labute approximate surface area is 97.3 Å². The second-order valence-corrected chi connectivity index (χ2v) is 7.36. The van der Waals surface area contributed by atoms with E-state index in [1.165, 1.54) is 32.0 Å². The van der Waals surface area contributed by atoms with E-state index in [2.05, 4.69) is 41.4 Å². The van der Waals surface area contributed by atoms with Crippen molar-refractivity contribution >= 4 is 6.71 Å². The van der Waals surface area contributed by atoms with E-state index in [0.717, 1.165) is 12.5 Å². The molecule has 0 radical (unpaired) electrons. The van der Waals surface area contributed by atoms with Crippen LogP contribution in [0.2, 0.25) is 19.0 Å². The molecule has 0 aromatic carbocycles. The molecular weight excluding hydrogens is 179 g/mol. The summed E-state index contributed by atoms with van der Waals surface area (Å²) in [5.41, 5.74) is 0.898. The Balaban J connectivity index is 2.52. The summed E-state index contributed by atoms with van der Waals surface area (Å²) in [7, 11) is 0. The highest BCUT2D eigenvalue weighted by Crippen LogP contribution is 2.45. The summed E-state index contributed by atoms with van der Waals surface area (Å²) in [6, 6.07) is 0. The highest BCUT2D eigenvalue weighted by Gasteiger charge is 2.37. The molecule has 0 atom stereocenters. The molecule has 0 saturated heterocycles. The second kappa shape index (κ2) is 4.51. The van der Waals surface area contributed by atoms with E-state index >= 15 is 0 Å². The van der Waals surface area contributed by atoms with Crippen LogP contribution >= 0.6 is 0 Å². The molecular formula is C14H29B. The summed E-state index contributed by atoms with van der Waals surface area (Å²) in [5, 5.41) is 0. The first-order chi connectivity index (χ1) is 6.74. The van der Waals surface area contributed by atoms with Crippen LogP contribution in [-0.4, -0.2) is 6.71 Å². The molecule has 0 N–H and O–H groups in total. The van der Waals surface area contributed by atoms with E-state index in [4.69, 9.17) is 0 Å². The van der Waals surface area contributed by atoms with Crippen LogP contribution in [0.4, 0.5) is 0 Å². The van der Waals surface area contributed by atoms with Gasteiger partial charge >= 0.3 is 0 Å². The summed E-state index contributed by atoms with van der Waals surface area (Å²) in [6.07, 6.45) is 7.32. The second-order valence-electron chi connectivity index (χ2n) is 7.36. The van der Waals surface area contributed by atoms with Gasteiger partial charge in [-0.1, -0.05) is 79.3 Å². The van der Waals surface area contributed by atoms with Crippen LogP contribution in [0.25, 0.3) is 0 Å². The van der Waals surface area contributed by atoms with Crippen LogP contribution in [-0.2, 0) is 0 Å². The van der Waals surface area contributed by atoms with Crippen molar-refractivity contribution in [3.63, 3.8) is 0 Å². The van der Waals surface area contributed by atoms with Crippen molar-refractivity contribution in [1.82, 2.24) is 0 Å². The Morgan fingerprint density at radius 2 is 1.47 bits per heavy atom. The van der Waals surface area contributed by atoms with Gasteiger partial charge in [-0.3, -0.25) is 0 Å². The van der Waals surface area contributed by atoms with E-state index in [0.29, 0.717) is 10.8 Å². The van der Waals surface area contributed by atoms with E-state index in [1.54, 1.807) is 0 Å². The molecule has 0 unspecified atom stereocenters. The minimum atomic E-state index is 0.430. The fourth-order valence-corrected chi connectivity index (χ4v) is 2.80. The average molecular weight is 208 g/mol. The average Bonchev–Trinajstić information content (AvgIpc) is 2.51. The van der Waals surface area contributed by atoms with Crippen molar-refractivity contribution in [2.75, 3.05) is 0 Å². The predicted octanol–water partition coefficient (Wildman–Crippen LogP) is 5.13. The lowest BCUT2D eigenvalue weighted by Gasteiger charge is -2.41. The van der Waals surface area contributed by atoms with Crippen LogP contribution in [0.15, 0.2) is 0 Å². The topological polar surface area (TPSA) is 0 Å². The van der Waals surface area contributed by atoms with Gasteiger partial charge in [0.25, 0.3) is 0 Å². The van der Waals surface area contributed by atoms with Gasteiger partial charge in [0.05, 0.1) is 0 Å². The molecule has 0 spiro atoms. The van der Waals surface area contributed by atoms with Crippen LogP contribution in [0.5, 0.6) is 0 Å². The Morgan fingerprint density at radius 3 is 1.87 bits per heavy atom. The third-order valence-corrected chi connectivity index (χ3v) is 5.07. The van der Waals surface area contributed by atoms with Crippen LogP contribution in [0.1, 0.15) is 60.3 Å². The largest absolute Gasteiger partial charge is 0.140 e. The van der Waals surface area contributed by atoms with Crippen molar-refractivity contribution in [2.24, 2.45) is 10.8 Å². The molecule has 0 aliphatic heterocycles. The number of hydrogen-bond donors (Lipinski definition) is 0. The molecule has 0 aromatic heterocycles. The highest BCUT2D eigenvalue weighted by molar-refractivity contribution is 6.59. The fraction of sp³-hybridized carbons (Fsp3) is 1.00. The van der Waals surface area contributed by atoms with Gasteiger partial charge in [-0.2, -0.15) is 0 Å². The zero-order valence-corrected chi connectivity index (χ0v) is 11.7. The van der Waals surface area contributed by atoms with Gasteiger partial charge in [0.15, 0.2) is 0 Å². The van der Waals surface area contributed by atoms with Gasteiger partial charge in [-0.25, -0.2) is 0 Å². The molecule has 1 saturated carbocycles. The molecule has 1 rings (SSSR count). The molecule has 0 bridgehead atoms. The lowest BCUT2D eigenvalue weighted by atomic mass is 9.35. The zero-order valence-electron chi connectivity index (χ0n) is 11.7. The molecule has 15 heavy (non-hydrogen) atoms. The summed E-state index contributed by atoms with van der Waals surface area (Å²) in [5.74, 6) is 1.02. The molecule has 0 amide bonds. The van der Waals surface area contributed by atoms with Crippen LogP contribution in [0, 0.1) is 10.8 Å². The van der Waals surface area contributed by atoms with E-state index in [-0.39, 0.29) is 0 Å². The quantitative estimate of drug-likeness (QED) is 0.564. The van der Waals surface area contributed by atoms with Crippen molar-refractivity contribution in [2.45, 2.75) is 79.3 Å². The van der Waals surface area contributed by atoms with Crippen LogP contribution in [0.3, 0.4) is 0 Å². The minimum Gasteiger partial charge on any atom is -0.0858 e. The first-order valence-electron chi connectivity index (χ1n) is 6.74. The summed E-state index contributed by atoms with van der Waals surface area (Å²) in [4.78, 5) is 0. The van der Waals surface area contributed by atoms with Crippen molar-refractivity contribution < 1.29 is 0 Å². The van der Waals surface area contributed by atoms with Gasteiger partial charge in [0.1, 0.15) is 6.71 Å². The SMILES string of the molecule is CB(CC(C)(C)C(C)(C)C)C1CCCC1. The summed E-state index contributed by atoms with van der Waals surface area (Å²) < 4.78 is 0. The predicted molar refractivity (Wildman–Crippen MR) is 71.9 cm³/mol. The Kier molecular flexibility index (Phi) is 3.95. The fourth-order valence-electron chi connectivity index (χ4n) is 2.80. The minimum absolute atomic E-state index is 0.430. The first-order valence-corrected chi connectivity index (χ1v) is 6.74. The standard InChI is InChI=1S/C14H29B/c1-13(2,3)14(4,5)11-15(6)12-9-7-8-10-12/h12H,7-11H2,1-6H3. The number of hydrogen-bond acceptors (Lipinski definition) is 0. The molecule has 1 aliphatic carbocycles. The maximum absolute atomic E-state index is 2.48. The van der Waals surface area contributed by atoms with Gasteiger partial charge in [0, 0.05) is 0 Å². The molecule has 0 heterocycles. The van der Waals surface area contributed by atoms with E-state index in [1.807, 2.05) is 0 Å². The highest BCUT2D eigenvalue weighted by atomic mass is 14.4. The van der Waals surface area contributed by atoms with Crippen molar-refractivity contribution in [3.8, 4) is 0 Å². The third kappa shape index (κ3) is 3.26. The van der Waals surface area contributed by atoms with Crippen molar-refractivity contribution in [1.29, 1.82) is 0 Å². The Bertz CT molecular complexity index is 194. The molecule has 1 aliphatic rings. The van der Waals surface area contributed by atoms with E-state index in [9.17, 15) is 0 Å². The third-order valence-electron chi connectivity index (χ3n) is 5.07. The first kappa shape index (κ1) is 13.1. The lowest BCUT2D eigenvalue weighted by Crippen LogP contribution is -2.34. The van der Waals surface area contributed by atoms with Crippen LogP contribution < -0.4 is 0 Å². The Hall–Kier alpha value is 0.0649. The maximum atomic E-state index is 2.48. The summed E-state index contributed by atoms with van der Waals surface area (Å²) >= 11 is 0. The monoisotopic (exact) mass is 208 g/mol. The molecule has 1 fully saturated rings. The van der Waals surface area contributed by atoms with Gasteiger partial charge in [0.2, 0.25) is 0 Å². The Morgan fingerprint density at radius 1 is 1.00 bits per heavy atom. The molecule has 0 aromatic rings. The summed E-state index contributed by atoms with van der Waals surface area (Å²) in [6.45, 7) is 15.4. The van der Waals surface area contributed by atoms with Gasteiger partial charge in [-0.15, -0.1) is 0 Å². The van der Waals surface area contributed by atoms with E-state index < -0.39 is 0 Å². The molecule has 0 nitrogen and oxygen atoms in total. The lowest BCUT2D eigenvalue weighted by molar-refractivity contribution is 0.155.